The second-order valence-corrected chi connectivity index (χ2v) is 7.07. The lowest BCUT2D eigenvalue weighted by Gasteiger charge is -2.01. The zero-order valence-corrected chi connectivity index (χ0v) is 16.6. The van der Waals surface area contributed by atoms with Crippen LogP contribution in [0.25, 0.3) is 11.3 Å². The van der Waals surface area contributed by atoms with Gasteiger partial charge in [-0.2, -0.15) is 5.10 Å². The molecule has 7 nitrogen and oxygen atoms in total. The van der Waals surface area contributed by atoms with Gasteiger partial charge >= 0.3 is 0 Å². The lowest BCUT2D eigenvalue weighted by Crippen LogP contribution is -2.19. The van der Waals surface area contributed by atoms with Gasteiger partial charge in [0.05, 0.1) is 23.1 Å². The van der Waals surface area contributed by atoms with Crippen LogP contribution in [0.3, 0.4) is 0 Å². The molecule has 0 atom stereocenters. The summed E-state index contributed by atoms with van der Waals surface area (Å²) in [5, 5.41) is 15.3. The van der Waals surface area contributed by atoms with Crippen LogP contribution in [0.15, 0.2) is 68.6 Å². The summed E-state index contributed by atoms with van der Waals surface area (Å²) in [7, 11) is 0. The molecule has 1 N–H and O–H groups in total. The van der Waals surface area contributed by atoms with Crippen LogP contribution in [-0.4, -0.2) is 17.0 Å². The van der Waals surface area contributed by atoms with Gasteiger partial charge in [0.1, 0.15) is 11.5 Å². The highest BCUT2D eigenvalue weighted by Gasteiger charge is 2.18. The predicted octanol–water partition coefficient (Wildman–Crippen LogP) is 4.96. The van der Waals surface area contributed by atoms with Crippen molar-refractivity contribution in [3.63, 3.8) is 0 Å². The number of carbonyl (C=O) groups is 1. The van der Waals surface area contributed by atoms with Crippen LogP contribution in [0.1, 0.15) is 11.3 Å². The average molecular weight is 463 g/mol. The van der Waals surface area contributed by atoms with Gasteiger partial charge in [0.25, 0.3) is 5.69 Å². The van der Waals surface area contributed by atoms with Gasteiger partial charge in [-0.25, -0.2) is 5.43 Å². The molecule has 0 spiro atoms. The Balaban J connectivity index is 1.65. The molecule has 142 valence electrons. The van der Waals surface area contributed by atoms with Gasteiger partial charge in [-0.15, -0.1) is 0 Å². The van der Waals surface area contributed by atoms with E-state index in [1.54, 1.807) is 18.2 Å². The molecule has 1 amide bonds. The highest BCUT2D eigenvalue weighted by molar-refractivity contribution is 9.10. The van der Waals surface area contributed by atoms with Gasteiger partial charge in [-0.1, -0.05) is 39.7 Å². The zero-order valence-electron chi connectivity index (χ0n) is 14.3. The summed E-state index contributed by atoms with van der Waals surface area (Å²) in [6.45, 7) is 0. The first kappa shape index (κ1) is 19.8. The molecular weight excluding hydrogens is 450 g/mol. The van der Waals surface area contributed by atoms with E-state index in [2.05, 4.69) is 26.5 Å². The normalized spacial score (nSPS) is 10.9. The van der Waals surface area contributed by atoms with E-state index in [-0.39, 0.29) is 23.0 Å². The van der Waals surface area contributed by atoms with Crippen LogP contribution < -0.4 is 5.43 Å². The lowest BCUT2D eigenvalue weighted by molar-refractivity contribution is -0.384. The Bertz CT molecular complexity index is 1050. The Morgan fingerprint density at radius 1 is 1.21 bits per heavy atom. The Morgan fingerprint density at radius 3 is 2.68 bits per heavy atom. The highest BCUT2D eigenvalue weighted by atomic mass is 79.9. The van der Waals surface area contributed by atoms with Crippen molar-refractivity contribution in [2.45, 2.75) is 6.42 Å². The van der Waals surface area contributed by atoms with E-state index in [0.717, 1.165) is 10.0 Å². The highest BCUT2D eigenvalue weighted by Crippen LogP contribution is 2.33. The van der Waals surface area contributed by atoms with Crippen LogP contribution >= 0.6 is 27.5 Å². The second-order valence-electron chi connectivity index (χ2n) is 5.72. The molecule has 0 aliphatic carbocycles. The maximum atomic E-state index is 11.9. The van der Waals surface area contributed by atoms with Crippen LogP contribution in [0.5, 0.6) is 0 Å². The monoisotopic (exact) mass is 461 g/mol. The van der Waals surface area contributed by atoms with E-state index in [1.807, 2.05) is 24.3 Å². The molecule has 0 fully saturated rings. The summed E-state index contributed by atoms with van der Waals surface area (Å²) < 4.78 is 6.49. The van der Waals surface area contributed by atoms with Crippen LogP contribution in [0, 0.1) is 10.1 Å². The van der Waals surface area contributed by atoms with Crippen molar-refractivity contribution < 1.29 is 14.1 Å². The van der Waals surface area contributed by atoms with E-state index in [9.17, 15) is 14.9 Å². The first-order valence-corrected chi connectivity index (χ1v) is 9.20. The third-order valence-electron chi connectivity index (χ3n) is 3.71. The quantitative estimate of drug-likeness (QED) is 0.318. The molecule has 28 heavy (non-hydrogen) atoms. The molecular formula is C19H13BrClN3O4. The number of nitrogens with zero attached hydrogens (tertiary/aromatic N) is 2. The summed E-state index contributed by atoms with van der Waals surface area (Å²) in [4.78, 5) is 22.6. The minimum absolute atomic E-state index is 0.159. The molecule has 0 radical (unpaired) electrons. The number of nitro benzene ring substituents is 1. The first-order valence-electron chi connectivity index (χ1n) is 8.03. The Hall–Kier alpha value is -2.97. The van der Waals surface area contributed by atoms with Crippen molar-refractivity contribution in [1.82, 2.24) is 5.43 Å². The molecule has 0 unspecified atom stereocenters. The Labute approximate surface area is 173 Å². The average Bonchev–Trinajstić information content (AvgIpc) is 3.12. The topological polar surface area (TPSA) is 97.7 Å². The largest absolute Gasteiger partial charge is 0.455 e. The van der Waals surface area contributed by atoms with Gasteiger partial charge < -0.3 is 4.42 Å². The molecule has 0 aliphatic rings. The number of nitro groups is 1. The van der Waals surface area contributed by atoms with Crippen LogP contribution in [-0.2, 0) is 11.2 Å². The number of rotatable bonds is 6. The molecule has 2 aromatic carbocycles. The molecule has 0 aliphatic heterocycles. The third kappa shape index (κ3) is 5.05. The van der Waals surface area contributed by atoms with E-state index in [0.29, 0.717) is 17.1 Å². The van der Waals surface area contributed by atoms with Crippen molar-refractivity contribution in [2.75, 3.05) is 0 Å². The number of halogens is 2. The summed E-state index contributed by atoms with van der Waals surface area (Å²) in [6.07, 6.45) is 1.51. The lowest BCUT2D eigenvalue weighted by atomic mass is 10.1. The molecule has 0 saturated carbocycles. The van der Waals surface area contributed by atoms with E-state index < -0.39 is 4.92 Å². The number of nitrogens with one attached hydrogen (secondary N) is 1. The van der Waals surface area contributed by atoms with Crippen molar-refractivity contribution in [2.24, 2.45) is 5.10 Å². The van der Waals surface area contributed by atoms with Crippen molar-refractivity contribution in [1.29, 1.82) is 0 Å². The fourth-order valence-electron chi connectivity index (χ4n) is 2.43. The first-order chi connectivity index (χ1) is 13.4. The molecule has 0 saturated heterocycles. The predicted molar refractivity (Wildman–Crippen MR) is 109 cm³/mol. The summed E-state index contributed by atoms with van der Waals surface area (Å²) >= 11 is 9.15. The van der Waals surface area contributed by atoms with Gasteiger partial charge in [-0.05, 0) is 42.0 Å². The van der Waals surface area contributed by atoms with Crippen LogP contribution in [0.4, 0.5) is 5.69 Å². The number of benzene rings is 2. The number of furan rings is 1. The van der Waals surface area contributed by atoms with Crippen LogP contribution in [0.2, 0.25) is 5.02 Å². The number of carbonyl (C=O) groups excluding carboxylic acids is 1. The molecule has 0 bridgehead atoms. The molecule has 3 rings (SSSR count). The maximum Gasteiger partial charge on any atom is 0.281 e. The minimum Gasteiger partial charge on any atom is -0.455 e. The van der Waals surface area contributed by atoms with E-state index in [4.69, 9.17) is 16.0 Å². The molecule has 9 heteroatoms. The summed E-state index contributed by atoms with van der Waals surface area (Å²) in [6, 6.07) is 14.9. The van der Waals surface area contributed by atoms with Gasteiger partial charge in [0, 0.05) is 15.6 Å². The summed E-state index contributed by atoms with van der Waals surface area (Å²) in [5.74, 6) is 0.355. The maximum absolute atomic E-state index is 11.9. The number of amides is 1. The minimum atomic E-state index is -0.528. The fraction of sp³-hybridized carbons (Fsp3) is 0.0526. The SMILES string of the molecule is O=C(Cc1ccc(Br)cc1)N/N=C\c1ccc(-c2ccc(Cl)cc2[N+](=O)[O-])o1. The second kappa shape index (κ2) is 8.81. The fourth-order valence-corrected chi connectivity index (χ4v) is 2.86. The van der Waals surface area contributed by atoms with Gasteiger partial charge in [0.15, 0.2) is 0 Å². The standard InChI is InChI=1S/C19H13BrClN3O4/c20-13-3-1-12(2-4-13)9-19(25)23-22-11-15-6-8-18(28-15)16-7-5-14(21)10-17(16)24(26)27/h1-8,10-11H,9H2,(H,23,25)/b22-11-. The van der Waals surface area contributed by atoms with Gasteiger partial charge in [-0.3, -0.25) is 14.9 Å². The van der Waals surface area contributed by atoms with Crippen molar-refractivity contribution in [3.8, 4) is 11.3 Å². The van der Waals surface area contributed by atoms with Crippen molar-refractivity contribution >= 4 is 45.3 Å². The van der Waals surface area contributed by atoms with Gasteiger partial charge in [0.2, 0.25) is 5.91 Å². The Kier molecular flexibility index (Phi) is 6.23. The van der Waals surface area contributed by atoms with E-state index in [1.165, 1.54) is 18.3 Å². The molecule has 1 aromatic heterocycles. The summed E-state index contributed by atoms with van der Waals surface area (Å²) in [5.41, 5.74) is 3.41. The Morgan fingerprint density at radius 2 is 1.96 bits per heavy atom. The van der Waals surface area contributed by atoms with E-state index >= 15 is 0 Å². The number of hydrogen-bond donors (Lipinski definition) is 1. The number of hydrogen-bond acceptors (Lipinski definition) is 5. The molecule has 3 aromatic rings. The smallest absolute Gasteiger partial charge is 0.281 e. The third-order valence-corrected chi connectivity index (χ3v) is 4.47. The zero-order chi connectivity index (χ0) is 20.1. The number of hydrazone groups is 1. The van der Waals surface area contributed by atoms with Crippen molar-refractivity contribution in [3.05, 3.63) is 85.5 Å². The molecule has 1 heterocycles.